The molecule has 3 nitrogen and oxygen atoms in total. The van der Waals surface area contributed by atoms with Crippen molar-refractivity contribution in [2.45, 2.75) is 6.42 Å². The van der Waals surface area contributed by atoms with Crippen LogP contribution in [-0.2, 0) is 6.42 Å². The van der Waals surface area contributed by atoms with Crippen LogP contribution in [0, 0.1) is 0 Å². The van der Waals surface area contributed by atoms with Gasteiger partial charge >= 0.3 is 0 Å². The van der Waals surface area contributed by atoms with E-state index in [1.54, 1.807) is 18.2 Å². The summed E-state index contributed by atoms with van der Waals surface area (Å²) in [4.78, 5) is 13.0. The highest BCUT2D eigenvalue weighted by Gasteiger charge is 2.07. The molecule has 0 aliphatic rings. The summed E-state index contributed by atoms with van der Waals surface area (Å²) in [6.07, 6.45) is 0.749. The van der Waals surface area contributed by atoms with Crippen molar-refractivity contribution in [2.75, 3.05) is 12.3 Å². The molecule has 2 aromatic rings. The van der Waals surface area contributed by atoms with Crippen molar-refractivity contribution in [3.63, 3.8) is 0 Å². The van der Waals surface area contributed by atoms with E-state index in [1.165, 1.54) is 11.3 Å². The predicted molar refractivity (Wildman–Crippen MR) is 81.2 cm³/mol. The van der Waals surface area contributed by atoms with Gasteiger partial charge in [0, 0.05) is 27.7 Å². The van der Waals surface area contributed by atoms with Crippen molar-refractivity contribution in [3.8, 4) is 0 Å². The van der Waals surface area contributed by atoms with Crippen molar-refractivity contribution in [1.29, 1.82) is 0 Å². The van der Waals surface area contributed by atoms with Gasteiger partial charge in [0.05, 0.1) is 4.34 Å². The Bertz CT molecular complexity index is 578. The van der Waals surface area contributed by atoms with Crippen molar-refractivity contribution in [2.24, 2.45) is 0 Å². The van der Waals surface area contributed by atoms with E-state index in [1.807, 2.05) is 12.1 Å². The van der Waals surface area contributed by atoms with Crippen LogP contribution in [0.5, 0.6) is 0 Å². The Morgan fingerprint density at radius 1 is 1.26 bits per heavy atom. The fourth-order valence-corrected chi connectivity index (χ4v) is 2.96. The fourth-order valence-electron chi connectivity index (χ4n) is 1.63. The molecule has 3 N–H and O–H groups in total. The fraction of sp³-hybridized carbons (Fsp3) is 0.154. The minimum Gasteiger partial charge on any atom is -0.399 e. The van der Waals surface area contributed by atoms with E-state index in [9.17, 15) is 4.79 Å². The van der Waals surface area contributed by atoms with Crippen molar-refractivity contribution >= 4 is 46.1 Å². The number of benzene rings is 1. The SMILES string of the molecule is Nc1cc(Cl)cc(C(=O)NCCc2ccc(Cl)s2)c1. The molecule has 1 amide bonds. The summed E-state index contributed by atoms with van der Waals surface area (Å²) in [6.45, 7) is 0.544. The number of nitrogen functional groups attached to an aromatic ring is 1. The predicted octanol–water partition coefficient (Wildman–Crippen LogP) is 3.61. The Balaban J connectivity index is 1.90. The van der Waals surface area contributed by atoms with Gasteiger partial charge in [0.15, 0.2) is 0 Å². The van der Waals surface area contributed by atoms with Crippen LogP contribution in [0.15, 0.2) is 30.3 Å². The molecule has 6 heteroatoms. The maximum atomic E-state index is 11.9. The minimum absolute atomic E-state index is 0.183. The Hall–Kier alpha value is -1.23. The van der Waals surface area contributed by atoms with Crippen molar-refractivity contribution in [1.82, 2.24) is 5.32 Å². The Morgan fingerprint density at radius 3 is 2.68 bits per heavy atom. The molecule has 0 saturated heterocycles. The van der Waals surface area contributed by atoms with E-state index >= 15 is 0 Å². The summed E-state index contributed by atoms with van der Waals surface area (Å²) in [7, 11) is 0. The topological polar surface area (TPSA) is 55.1 Å². The lowest BCUT2D eigenvalue weighted by Gasteiger charge is -2.05. The zero-order valence-corrected chi connectivity index (χ0v) is 12.3. The van der Waals surface area contributed by atoms with Crippen LogP contribution < -0.4 is 11.1 Å². The van der Waals surface area contributed by atoms with Gasteiger partial charge in [-0.2, -0.15) is 0 Å². The number of carbonyl (C=O) groups excluding carboxylic acids is 1. The third-order valence-corrected chi connectivity index (χ3v) is 3.98. The Morgan fingerprint density at radius 2 is 2.05 bits per heavy atom. The van der Waals surface area contributed by atoms with Gasteiger partial charge in [-0.3, -0.25) is 4.79 Å². The third-order valence-electron chi connectivity index (χ3n) is 2.47. The van der Waals surface area contributed by atoms with E-state index in [-0.39, 0.29) is 5.91 Å². The van der Waals surface area contributed by atoms with Crippen LogP contribution in [0.1, 0.15) is 15.2 Å². The number of nitrogens with two attached hydrogens (primary N) is 1. The maximum Gasteiger partial charge on any atom is 0.251 e. The van der Waals surface area contributed by atoms with E-state index in [0.29, 0.717) is 22.8 Å². The van der Waals surface area contributed by atoms with Crippen LogP contribution in [0.2, 0.25) is 9.36 Å². The van der Waals surface area contributed by atoms with Crippen molar-refractivity contribution in [3.05, 3.63) is 50.1 Å². The second-order valence-electron chi connectivity index (χ2n) is 3.98. The van der Waals surface area contributed by atoms with Crippen LogP contribution in [0.25, 0.3) is 0 Å². The average molecular weight is 315 g/mol. The highest BCUT2D eigenvalue weighted by atomic mass is 35.5. The first-order valence-electron chi connectivity index (χ1n) is 5.63. The molecule has 100 valence electrons. The van der Waals surface area contributed by atoms with Gasteiger partial charge in [0.25, 0.3) is 5.91 Å². The molecule has 1 aromatic carbocycles. The summed E-state index contributed by atoms with van der Waals surface area (Å²) >= 11 is 13.2. The normalized spacial score (nSPS) is 10.4. The molecule has 1 aromatic heterocycles. The lowest BCUT2D eigenvalue weighted by atomic mass is 10.2. The quantitative estimate of drug-likeness (QED) is 0.847. The number of halogens is 2. The zero-order chi connectivity index (χ0) is 13.8. The first-order chi connectivity index (χ1) is 9.04. The van der Waals surface area contributed by atoms with Gasteiger partial charge < -0.3 is 11.1 Å². The molecular weight excluding hydrogens is 303 g/mol. The van der Waals surface area contributed by atoms with Gasteiger partial charge in [-0.1, -0.05) is 23.2 Å². The van der Waals surface area contributed by atoms with E-state index < -0.39 is 0 Å². The van der Waals surface area contributed by atoms with Gasteiger partial charge in [0.1, 0.15) is 0 Å². The minimum atomic E-state index is -0.183. The van der Waals surface area contributed by atoms with Crippen LogP contribution in [0.3, 0.4) is 0 Å². The maximum absolute atomic E-state index is 11.9. The summed E-state index contributed by atoms with van der Waals surface area (Å²) < 4.78 is 0.754. The average Bonchev–Trinajstić information content (AvgIpc) is 2.73. The van der Waals surface area contributed by atoms with E-state index in [2.05, 4.69) is 5.32 Å². The molecular formula is C13H12Cl2N2OS. The highest BCUT2D eigenvalue weighted by molar-refractivity contribution is 7.16. The second kappa shape index (κ2) is 6.28. The molecule has 19 heavy (non-hydrogen) atoms. The molecule has 0 spiro atoms. The number of anilines is 1. The second-order valence-corrected chi connectivity index (χ2v) is 6.22. The van der Waals surface area contributed by atoms with Gasteiger partial charge in [0.2, 0.25) is 0 Å². The number of amides is 1. The van der Waals surface area contributed by atoms with Crippen LogP contribution in [-0.4, -0.2) is 12.5 Å². The van der Waals surface area contributed by atoms with Crippen LogP contribution >= 0.6 is 34.5 Å². The summed E-state index contributed by atoms with van der Waals surface area (Å²) in [5, 5.41) is 3.28. The number of nitrogens with one attached hydrogen (secondary N) is 1. The lowest BCUT2D eigenvalue weighted by molar-refractivity contribution is 0.0954. The monoisotopic (exact) mass is 314 g/mol. The molecule has 0 aliphatic carbocycles. The number of hydrogen-bond acceptors (Lipinski definition) is 3. The van der Waals surface area contributed by atoms with Gasteiger partial charge in [-0.05, 0) is 36.8 Å². The smallest absolute Gasteiger partial charge is 0.251 e. The summed E-state index contributed by atoms with van der Waals surface area (Å²) in [6, 6.07) is 8.60. The molecule has 0 saturated carbocycles. The zero-order valence-electron chi connectivity index (χ0n) is 9.95. The highest BCUT2D eigenvalue weighted by Crippen LogP contribution is 2.21. The molecule has 0 unspecified atom stereocenters. The molecule has 0 radical (unpaired) electrons. The summed E-state index contributed by atoms with van der Waals surface area (Å²) in [5.74, 6) is -0.183. The number of carbonyl (C=O) groups is 1. The van der Waals surface area contributed by atoms with E-state index in [4.69, 9.17) is 28.9 Å². The Kier molecular flexibility index (Phi) is 4.69. The number of thiophene rings is 1. The van der Waals surface area contributed by atoms with Gasteiger partial charge in [-0.25, -0.2) is 0 Å². The third kappa shape index (κ3) is 4.13. The molecule has 0 bridgehead atoms. The van der Waals surface area contributed by atoms with Crippen molar-refractivity contribution < 1.29 is 4.79 Å². The molecule has 0 fully saturated rings. The first-order valence-corrected chi connectivity index (χ1v) is 7.20. The number of hydrogen-bond donors (Lipinski definition) is 2. The lowest BCUT2D eigenvalue weighted by Crippen LogP contribution is -2.25. The molecule has 1 heterocycles. The Labute approximate surface area is 125 Å². The standard InChI is InChI=1S/C13H12Cl2N2OS/c14-9-5-8(6-10(16)7-9)13(18)17-4-3-11-1-2-12(15)19-11/h1-2,5-7H,3-4,16H2,(H,17,18). The molecule has 0 atom stereocenters. The number of rotatable bonds is 4. The summed E-state index contributed by atoms with van der Waals surface area (Å²) in [5.41, 5.74) is 6.58. The van der Waals surface area contributed by atoms with Gasteiger partial charge in [-0.15, -0.1) is 11.3 Å². The molecule has 0 aliphatic heterocycles. The largest absolute Gasteiger partial charge is 0.399 e. The first kappa shape index (κ1) is 14.2. The van der Waals surface area contributed by atoms with E-state index in [0.717, 1.165) is 15.6 Å². The molecule has 2 rings (SSSR count). The van der Waals surface area contributed by atoms with Crippen LogP contribution in [0.4, 0.5) is 5.69 Å².